The van der Waals surface area contributed by atoms with Gasteiger partial charge in [0.05, 0.1) is 0 Å². The molecule has 1 aliphatic rings. The zero-order valence-electron chi connectivity index (χ0n) is 14.3. The van der Waals surface area contributed by atoms with Crippen molar-refractivity contribution in [3.05, 3.63) is 42.5 Å². The molecule has 0 aromatic heterocycles. The Bertz CT molecular complexity index is 461. The summed E-state index contributed by atoms with van der Waals surface area (Å²) < 4.78 is 6.06. The van der Waals surface area contributed by atoms with Crippen LogP contribution in [-0.2, 0) is 0 Å². The van der Waals surface area contributed by atoms with E-state index in [1.807, 2.05) is 6.08 Å². The molecule has 1 aromatic rings. The van der Waals surface area contributed by atoms with Crippen LogP contribution in [0.5, 0.6) is 5.75 Å². The van der Waals surface area contributed by atoms with Gasteiger partial charge in [0.25, 0.3) is 0 Å². The minimum absolute atomic E-state index is 0.487. The maximum absolute atomic E-state index is 6.06. The number of benzene rings is 1. The lowest BCUT2D eigenvalue weighted by molar-refractivity contribution is 0.166. The van der Waals surface area contributed by atoms with E-state index >= 15 is 0 Å². The van der Waals surface area contributed by atoms with Crippen LogP contribution in [0, 0.1) is 0 Å². The van der Waals surface area contributed by atoms with Gasteiger partial charge in [-0.25, -0.2) is 0 Å². The maximum Gasteiger partial charge on any atom is 0.242 e. The predicted molar refractivity (Wildman–Crippen MR) is 97.0 cm³/mol. The van der Waals surface area contributed by atoms with Gasteiger partial charge in [-0.2, -0.15) is 0 Å². The van der Waals surface area contributed by atoms with Crippen molar-refractivity contribution in [2.75, 3.05) is 26.2 Å². The third-order valence-corrected chi connectivity index (χ3v) is 4.77. The van der Waals surface area contributed by atoms with E-state index in [0.717, 1.165) is 44.8 Å². The Hall–Kier alpha value is -1.10. The lowest BCUT2D eigenvalue weighted by atomic mass is 9.99. The van der Waals surface area contributed by atoms with Gasteiger partial charge in [0.15, 0.2) is 0 Å². The standard InChI is InChI=1S/C18H30N2OSi/c1-5-6-7-18(20-14-12-19-13-15-20)16-8-10-17(11-9-16)21-22(2,3)4/h5,8-11,18-19H,1,6-7,12-15H2,2-4H3/t18-/m1/s1. The highest BCUT2D eigenvalue weighted by atomic mass is 28.4. The van der Waals surface area contributed by atoms with E-state index in [4.69, 9.17) is 4.43 Å². The number of hydrogen-bond acceptors (Lipinski definition) is 3. The van der Waals surface area contributed by atoms with Gasteiger partial charge in [-0.1, -0.05) is 18.2 Å². The average Bonchev–Trinajstić information content (AvgIpc) is 2.49. The monoisotopic (exact) mass is 318 g/mol. The summed E-state index contributed by atoms with van der Waals surface area (Å²) >= 11 is 0. The summed E-state index contributed by atoms with van der Waals surface area (Å²) in [7, 11) is -1.53. The molecule has 1 saturated heterocycles. The van der Waals surface area contributed by atoms with Crippen LogP contribution in [0.25, 0.3) is 0 Å². The highest BCUT2D eigenvalue weighted by Gasteiger charge is 2.22. The molecule has 0 spiro atoms. The fourth-order valence-electron chi connectivity index (χ4n) is 2.94. The van der Waals surface area contributed by atoms with E-state index in [1.165, 1.54) is 5.56 Å². The Labute approximate surface area is 136 Å². The molecule has 122 valence electrons. The summed E-state index contributed by atoms with van der Waals surface area (Å²) in [5.74, 6) is 1.01. The molecule has 1 N–H and O–H groups in total. The third kappa shape index (κ3) is 5.27. The van der Waals surface area contributed by atoms with Gasteiger partial charge in [-0.05, 0) is 50.2 Å². The molecule has 2 rings (SSSR count). The van der Waals surface area contributed by atoms with Gasteiger partial charge in [0.2, 0.25) is 8.32 Å². The summed E-state index contributed by atoms with van der Waals surface area (Å²) in [6.45, 7) is 14.9. The molecule has 0 unspecified atom stereocenters. The average molecular weight is 319 g/mol. The van der Waals surface area contributed by atoms with Crippen LogP contribution >= 0.6 is 0 Å². The molecule has 22 heavy (non-hydrogen) atoms. The molecule has 0 aliphatic carbocycles. The number of nitrogens with zero attached hydrogens (tertiary/aromatic N) is 1. The first-order valence-corrected chi connectivity index (χ1v) is 11.7. The molecule has 0 saturated carbocycles. The fourth-order valence-corrected chi connectivity index (χ4v) is 3.78. The number of hydrogen-bond donors (Lipinski definition) is 1. The van der Waals surface area contributed by atoms with E-state index < -0.39 is 8.32 Å². The summed E-state index contributed by atoms with van der Waals surface area (Å²) in [4.78, 5) is 2.59. The smallest absolute Gasteiger partial charge is 0.242 e. The van der Waals surface area contributed by atoms with E-state index in [1.54, 1.807) is 0 Å². The topological polar surface area (TPSA) is 24.5 Å². The quantitative estimate of drug-likeness (QED) is 0.611. The summed E-state index contributed by atoms with van der Waals surface area (Å²) in [5, 5.41) is 3.43. The van der Waals surface area contributed by atoms with E-state index in [9.17, 15) is 0 Å². The van der Waals surface area contributed by atoms with Crippen molar-refractivity contribution < 1.29 is 4.43 Å². The van der Waals surface area contributed by atoms with Crippen molar-refractivity contribution in [2.24, 2.45) is 0 Å². The molecule has 1 atom stereocenters. The van der Waals surface area contributed by atoms with E-state index in [-0.39, 0.29) is 0 Å². The van der Waals surface area contributed by atoms with Crippen LogP contribution in [0.1, 0.15) is 24.4 Å². The van der Waals surface area contributed by atoms with Crippen molar-refractivity contribution in [3.63, 3.8) is 0 Å². The van der Waals surface area contributed by atoms with E-state index in [2.05, 4.69) is 60.7 Å². The largest absolute Gasteiger partial charge is 0.544 e. The van der Waals surface area contributed by atoms with E-state index in [0.29, 0.717) is 6.04 Å². The number of nitrogens with one attached hydrogen (secondary N) is 1. The zero-order valence-corrected chi connectivity index (χ0v) is 15.3. The Morgan fingerprint density at radius 1 is 1.23 bits per heavy atom. The first kappa shape index (κ1) is 17.3. The Kier molecular flexibility index (Phi) is 6.23. The molecule has 1 aliphatic heterocycles. The summed E-state index contributed by atoms with van der Waals surface area (Å²) in [6, 6.07) is 9.24. The van der Waals surface area contributed by atoms with Gasteiger partial charge in [0.1, 0.15) is 5.75 Å². The first-order valence-electron chi connectivity index (χ1n) is 8.34. The van der Waals surface area contributed by atoms with Gasteiger partial charge >= 0.3 is 0 Å². The summed E-state index contributed by atoms with van der Waals surface area (Å²) in [5.41, 5.74) is 1.40. The zero-order chi connectivity index (χ0) is 16.0. The van der Waals surface area contributed by atoms with Crippen LogP contribution in [-0.4, -0.2) is 39.4 Å². The van der Waals surface area contributed by atoms with Crippen LogP contribution in [0.2, 0.25) is 19.6 Å². The molecule has 1 heterocycles. The van der Waals surface area contributed by atoms with Gasteiger partial charge in [-0.15, -0.1) is 6.58 Å². The Balaban J connectivity index is 2.10. The molecule has 1 fully saturated rings. The van der Waals surface area contributed by atoms with Crippen LogP contribution in [0.15, 0.2) is 36.9 Å². The lowest BCUT2D eigenvalue weighted by Crippen LogP contribution is -2.45. The summed E-state index contributed by atoms with van der Waals surface area (Å²) in [6.07, 6.45) is 4.22. The molecular weight excluding hydrogens is 288 g/mol. The molecular formula is C18H30N2OSi. The highest BCUT2D eigenvalue weighted by Crippen LogP contribution is 2.28. The van der Waals surface area contributed by atoms with Crippen molar-refractivity contribution in [1.82, 2.24) is 10.2 Å². The Morgan fingerprint density at radius 2 is 1.86 bits per heavy atom. The Morgan fingerprint density at radius 3 is 2.41 bits per heavy atom. The molecule has 1 aromatic carbocycles. The number of rotatable bonds is 7. The predicted octanol–water partition coefficient (Wildman–Crippen LogP) is 3.81. The lowest BCUT2D eigenvalue weighted by Gasteiger charge is -2.35. The fraction of sp³-hybridized carbons (Fsp3) is 0.556. The molecule has 0 bridgehead atoms. The second-order valence-electron chi connectivity index (χ2n) is 6.95. The third-order valence-electron chi connectivity index (χ3n) is 3.93. The molecule has 0 amide bonds. The van der Waals surface area contributed by atoms with Gasteiger partial charge in [0, 0.05) is 32.2 Å². The SMILES string of the molecule is C=CCC[C@H](c1ccc(O[Si](C)(C)C)cc1)N1CCNCC1. The molecule has 3 nitrogen and oxygen atoms in total. The van der Waals surface area contributed by atoms with Crippen LogP contribution < -0.4 is 9.74 Å². The normalized spacial score (nSPS) is 18.0. The van der Waals surface area contributed by atoms with Gasteiger partial charge in [-0.3, -0.25) is 4.90 Å². The van der Waals surface area contributed by atoms with Crippen molar-refractivity contribution in [2.45, 2.75) is 38.5 Å². The second kappa shape index (κ2) is 7.95. The highest BCUT2D eigenvalue weighted by molar-refractivity contribution is 6.70. The molecule has 0 radical (unpaired) electrons. The van der Waals surface area contributed by atoms with Crippen LogP contribution in [0.3, 0.4) is 0 Å². The van der Waals surface area contributed by atoms with Crippen molar-refractivity contribution in [3.8, 4) is 5.75 Å². The minimum atomic E-state index is -1.53. The van der Waals surface area contributed by atoms with Gasteiger partial charge < -0.3 is 9.74 Å². The number of allylic oxidation sites excluding steroid dienone is 1. The first-order chi connectivity index (χ1) is 10.5. The number of piperazine rings is 1. The maximum atomic E-state index is 6.06. The van der Waals surface area contributed by atoms with Crippen molar-refractivity contribution in [1.29, 1.82) is 0 Å². The van der Waals surface area contributed by atoms with Crippen molar-refractivity contribution >= 4 is 8.32 Å². The minimum Gasteiger partial charge on any atom is -0.544 e. The van der Waals surface area contributed by atoms with Crippen LogP contribution in [0.4, 0.5) is 0 Å². The molecule has 4 heteroatoms. The second-order valence-corrected chi connectivity index (χ2v) is 11.4.